The van der Waals surface area contributed by atoms with E-state index in [0.717, 1.165) is 28.1 Å². The second-order valence-corrected chi connectivity index (χ2v) is 6.33. The van der Waals surface area contributed by atoms with E-state index in [9.17, 15) is 4.79 Å². The van der Waals surface area contributed by atoms with Gasteiger partial charge in [0.05, 0.1) is 18.7 Å². The van der Waals surface area contributed by atoms with Crippen molar-refractivity contribution in [3.05, 3.63) is 64.9 Å². The van der Waals surface area contributed by atoms with E-state index in [1.165, 1.54) is 4.90 Å². The number of benzene rings is 2. The molecule has 1 aliphatic heterocycles. The molecule has 1 aliphatic rings. The smallest absolute Gasteiger partial charge is 0.281 e. The molecule has 0 aromatic heterocycles. The second kappa shape index (κ2) is 7.25. The molecule has 2 aromatic rings. The molecule has 1 saturated heterocycles. The van der Waals surface area contributed by atoms with Crippen LogP contribution in [0.1, 0.15) is 16.7 Å². The van der Waals surface area contributed by atoms with Gasteiger partial charge in [-0.3, -0.25) is 9.69 Å². The summed E-state index contributed by atoms with van der Waals surface area (Å²) in [6.45, 7) is 1.97. The summed E-state index contributed by atoms with van der Waals surface area (Å²) in [5.41, 5.74) is 3.95. The van der Waals surface area contributed by atoms with Gasteiger partial charge in [-0.15, -0.1) is 11.6 Å². The van der Waals surface area contributed by atoms with Crippen LogP contribution in [0.5, 0.6) is 5.75 Å². The zero-order chi connectivity index (χ0) is 18.0. The van der Waals surface area contributed by atoms with Crippen molar-refractivity contribution in [2.24, 2.45) is 0 Å². The highest BCUT2D eigenvalue weighted by Crippen LogP contribution is 2.26. The number of thiocarbonyl (C=S) groups is 1. The number of nitrogens with zero attached hydrogens (tertiary/aromatic N) is 1. The van der Waals surface area contributed by atoms with E-state index in [-0.39, 0.29) is 5.91 Å². The molecule has 0 bridgehead atoms. The lowest BCUT2D eigenvalue weighted by Crippen LogP contribution is -2.30. The highest BCUT2D eigenvalue weighted by molar-refractivity contribution is 7.80. The van der Waals surface area contributed by atoms with Crippen LogP contribution in [0.3, 0.4) is 0 Å². The molecule has 0 unspecified atom stereocenters. The number of rotatable bonds is 4. The predicted molar refractivity (Wildman–Crippen MR) is 105 cm³/mol. The van der Waals surface area contributed by atoms with Crippen LogP contribution in [0, 0.1) is 6.92 Å². The number of nitrogens with one attached hydrogen (secondary N) is 1. The highest BCUT2D eigenvalue weighted by Gasteiger charge is 2.31. The van der Waals surface area contributed by atoms with Crippen LogP contribution in [-0.2, 0) is 10.7 Å². The normalized spacial score (nSPS) is 15.6. The first kappa shape index (κ1) is 17.5. The van der Waals surface area contributed by atoms with Crippen molar-refractivity contribution >= 4 is 46.6 Å². The summed E-state index contributed by atoms with van der Waals surface area (Å²) in [4.78, 5) is 14.3. The minimum atomic E-state index is -0.182. The van der Waals surface area contributed by atoms with Crippen LogP contribution in [-0.4, -0.2) is 18.1 Å². The van der Waals surface area contributed by atoms with Gasteiger partial charge in [0.15, 0.2) is 5.11 Å². The first-order chi connectivity index (χ1) is 12.0. The first-order valence-electron chi connectivity index (χ1n) is 7.70. The van der Waals surface area contributed by atoms with Crippen LogP contribution in [0.4, 0.5) is 5.69 Å². The Balaban J connectivity index is 1.93. The number of alkyl halides is 1. The van der Waals surface area contributed by atoms with Gasteiger partial charge in [-0.2, -0.15) is 0 Å². The predicted octanol–water partition coefficient (Wildman–Crippen LogP) is 4.00. The van der Waals surface area contributed by atoms with E-state index in [1.54, 1.807) is 13.2 Å². The van der Waals surface area contributed by atoms with Crippen molar-refractivity contribution in [1.82, 2.24) is 5.32 Å². The molecule has 0 radical (unpaired) electrons. The van der Waals surface area contributed by atoms with Crippen molar-refractivity contribution < 1.29 is 9.53 Å². The van der Waals surface area contributed by atoms with Gasteiger partial charge >= 0.3 is 0 Å². The maximum atomic E-state index is 12.8. The Morgan fingerprint density at radius 2 is 2.08 bits per heavy atom. The number of amides is 1. The van der Waals surface area contributed by atoms with Gasteiger partial charge in [-0.1, -0.05) is 18.2 Å². The largest absolute Gasteiger partial charge is 0.496 e. The number of aryl methyl sites for hydroxylation is 1. The van der Waals surface area contributed by atoms with Crippen LogP contribution < -0.4 is 15.0 Å². The third-order valence-electron chi connectivity index (χ3n) is 3.90. The zero-order valence-corrected chi connectivity index (χ0v) is 15.4. The standard InChI is InChI=1S/C19H17ClN2O2S/c1-12-4-3-5-15(8-12)22-18(23)16(21-19(22)25)10-13-6-7-17(24-2)14(9-13)11-20/h3-10H,11H2,1-2H3,(H,21,25)/b16-10+. The fourth-order valence-electron chi connectivity index (χ4n) is 2.70. The molecular formula is C19H17ClN2O2S. The summed E-state index contributed by atoms with van der Waals surface area (Å²) in [5, 5.41) is 3.36. The van der Waals surface area contributed by atoms with Gasteiger partial charge in [0.2, 0.25) is 0 Å². The van der Waals surface area contributed by atoms with Gasteiger partial charge in [0, 0.05) is 5.56 Å². The molecule has 3 rings (SSSR count). The Hall–Kier alpha value is -2.37. The van der Waals surface area contributed by atoms with E-state index in [2.05, 4.69) is 5.32 Å². The number of methoxy groups -OCH3 is 1. The van der Waals surface area contributed by atoms with Crippen molar-refractivity contribution in [3.63, 3.8) is 0 Å². The number of carbonyl (C=O) groups excluding carboxylic acids is 1. The third-order valence-corrected chi connectivity index (χ3v) is 4.47. The van der Waals surface area contributed by atoms with Crippen LogP contribution in [0.25, 0.3) is 6.08 Å². The van der Waals surface area contributed by atoms with Gasteiger partial charge in [-0.05, 0) is 60.6 Å². The van der Waals surface area contributed by atoms with Crippen LogP contribution >= 0.6 is 23.8 Å². The number of halogens is 1. The van der Waals surface area contributed by atoms with Crippen molar-refractivity contribution in [2.75, 3.05) is 12.0 Å². The molecule has 0 atom stereocenters. The molecule has 4 nitrogen and oxygen atoms in total. The summed E-state index contributed by atoms with van der Waals surface area (Å²) >= 11 is 11.3. The molecular weight excluding hydrogens is 356 g/mol. The Morgan fingerprint density at radius 3 is 2.76 bits per heavy atom. The minimum Gasteiger partial charge on any atom is -0.496 e. The van der Waals surface area contributed by atoms with Gasteiger partial charge in [0.25, 0.3) is 5.91 Å². The fraction of sp³-hybridized carbons (Fsp3) is 0.158. The fourth-order valence-corrected chi connectivity index (χ4v) is 3.20. The molecule has 2 aromatic carbocycles. The number of hydrogen-bond donors (Lipinski definition) is 1. The first-order valence-corrected chi connectivity index (χ1v) is 8.64. The number of carbonyl (C=O) groups is 1. The Morgan fingerprint density at radius 1 is 1.28 bits per heavy atom. The lowest BCUT2D eigenvalue weighted by Gasteiger charge is -2.14. The van der Waals surface area contributed by atoms with Crippen LogP contribution in [0.15, 0.2) is 48.2 Å². The van der Waals surface area contributed by atoms with Crippen molar-refractivity contribution in [3.8, 4) is 5.75 Å². The Bertz CT molecular complexity index is 879. The topological polar surface area (TPSA) is 41.6 Å². The summed E-state index contributed by atoms with van der Waals surface area (Å²) in [6, 6.07) is 13.3. The lowest BCUT2D eigenvalue weighted by atomic mass is 10.1. The number of hydrogen-bond acceptors (Lipinski definition) is 3. The third kappa shape index (κ3) is 3.52. The quantitative estimate of drug-likeness (QED) is 0.500. The Kier molecular flexibility index (Phi) is 5.06. The highest BCUT2D eigenvalue weighted by atomic mass is 35.5. The van der Waals surface area contributed by atoms with Gasteiger partial charge in [0.1, 0.15) is 11.4 Å². The van der Waals surface area contributed by atoms with Crippen molar-refractivity contribution in [2.45, 2.75) is 12.8 Å². The molecule has 25 heavy (non-hydrogen) atoms. The molecule has 1 amide bonds. The maximum Gasteiger partial charge on any atom is 0.281 e. The lowest BCUT2D eigenvalue weighted by molar-refractivity contribution is -0.113. The Labute approximate surface area is 157 Å². The van der Waals surface area contributed by atoms with Gasteiger partial charge in [-0.25, -0.2) is 0 Å². The summed E-state index contributed by atoms with van der Waals surface area (Å²) < 4.78 is 5.27. The maximum absolute atomic E-state index is 12.8. The molecule has 6 heteroatoms. The SMILES string of the molecule is COc1ccc(/C=C2/NC(=S)N(c3cccc(C)c3)C2=O)cc1CCl. The molecule has 0 spiro atoms. The molecule has 1 heterocycles. The molecule has 0 aliphatic carbocycles. The summed E-state index contributed by atoms with van der Waals surface area (Å²) in [7, 11) is 1.60. The van der Waals surface area contributed by atoms with Crippen molar-refractivity contribution in [1.29, 1.82) is 0 Å². The average molecular weight is 373 g/mol. The van der Waals surface area contributed by atoms with E-state index in [0.29, 0.717) is 16.7 Å². The zero-order valence-electron chi connectivity index (χ0n) is 13.9. The van der Waals surface area contributed by atoms with Crippen LogP contribution in [0.2, 0.25) is 0 Å². The van der Waals surface area contributed by atoms with E-state index < -0.39 is 0 Å². The second-order valence-electron chi connectivity index (χ2n) is 5.67. The monoisotopic (exact) mass is 372 g/mol. The van der Waals surface area contributed by atoms with E-state index >= 15 is 0 Å². The summed E-state index contributed by atoms with van der Waals surface area (Å²) in [6.07, 6.45) is 1.76. The summed E-state index contributed by atoms with van der Waals surface area (Å²) in [5.74, 6) is 0.869. The molecule has 128 valence electrons. The van der Waals surface area contributed by atoms with E-state index in [4.69, 9.17) is 28.6 Å². The molecule has 0 saturated carbocycles. The average Bonchev–Trinajstić information content (AvgIpc) is 2.88. The molecule has 1 fully saturated rings. The number of ether oxygens (including phenoxy) is 1. The minimum absolute atomic E-state index is 0.182. The van der Waals surface area contributed by atoms with Gasteiger partial charge < -0.3 is 10.1 Å². The van der Waals surface area contributed by atoms with E-state index in [1.807, 2.05) is 49.4 Å². The molecule has 1 N–H and O–H groups in total. The number of anilines is 1.